The minimum atomic E-state index is -1.29. The van der Waals surface area contributed by atoms with Gasteiger partial charge >= 0.3 is 21.1 Å². The largest absolute Gasteiger partial charge is 4.00 e. The molecule has 0 fully saturated rings. The molecule has 0 aliphatic heterocycles. The molecule has 4 N–H and O–H groups in total. The first-order valence-corrected chi connectivity index (χ1v) is 11.3. The van der Waals surface area contributed by atoms with Crippen molar-refractivity contribution in [3.05, 3.63) is 121 Å². The van der Waals surface area contributed by atoms with Crippen molar-refractivity contribution in [3.63, 3.8) is 0 Å². The molecular weight excluding hydrogens is 616 g/mol. The summed E-state index contributed by atoms with van der Waals surface area (Å²) in [6, 6.07) is 34.3. The SMILES string of the molecule is O=C([O-])Nc1ccccc1.O=C([O-])Nc1ccccc1.O=C([O-])Nc1ccccc1.O=C([O-])Nc1ccccc1.[Mo+4]. The molecule has 0 aliphatic rings. The topological polar surface area (TPSA) is 209 Å². The van der Waals surface area contributed by atoms with E-state index in [9.17, 15) is 39.6 Å². The Hall–Kier alpha value is -5.35. The minimum Gasteiger partial charge on any atom is -0.530 e. The van der Waals surface area contributed by atoms with Crippen LogP contribution in [0.1, 0.15) is 0 Å². The summed E-state index contributed by atoms with van der Waals surface area (Å²) >= 11 is 0. The molecule has 0 bridgehead atoms. The maximum absolute atomic E-state index is 9.95. The minimum absolute atomic E-state index is 0. The number of para-hydroxylation sites is 4. The predicted molar refractivity (Wildman–Crippen MR) is 142 cm³/mol. The van der Waals surface area contributed by atoms with Crippen LogP contribution in [0.5, 0.6) is 0 Å². The van der Waals surface area contributed by atoms with Crippen molar-refractivity contribution in [1.82, 2.24) is 0 Å². The molecule has 41 heavy (non-hydrogen) atoms. The molecule has 0 saturated carbocycles. The summed E-state index contributed by atoms with van der Waals surface area (Å²) in [6.07, 6.45) is -5.14. The second-order valence-corrected chi connectivity index (χ2v) is 7.11. The number of amides is 4. The molecule has 0 aromatic heterocycles. The average Bonchev–Trinajstić information content (AvgIpc) is 2.91. The number of hydrogen-bond acceptors (Lipinski definition) is 8. The van der Waals surface area contributed by atoms with Gasteiger partial charge in [-0.25, -0.2) is 0 Å². The van der Waals surface area contributed by atoms with Gasteiger partial charge in [0.05, 0.1) is 0 Å². The molecule has 0 heterocycles. The summed E-state index contributed by atoms with van der Waals surface area (Å²) in [4.78, 5) is 39.8. The van der Waals surface area contributed by atoms with Gasteiger partial charge in [-0.05, 0) is 48.5 Å². The quantitative estimate of drug-likeness (QED) is 0.241. The first-order valence-electron chi connectivity index (χ1n) is 11.3. The molecule has 4 rings (SSSR count). The summed E-state index contributed by atoms with van der Waals surface area (Å²) in [7, 11) is 0. The third-order valence-electron chi connectivity index (χ3n) is 4.08. The molecule has 4 aromatic carbocycles. The molecule has 4 amide bonds. The fourth-order valence-electron chi connectivity index (χ4n) is 2.56. The Morgan fingerprint density at radius 2 is 0.488 bits per heavy atom. The van der Waals surface area contributed by atoms with Crippen molar-refractivity contribution in [1.29, 1.82) is 0 Å². The summed E-state index contributed by atoms with van der Waals surface area (Å²) in [5.41, 5.74) is 2.12. The fraction of sp³-hybridized carbons (Fsp3) is 0. The summed E-state index contributed by atoms with van der Waals surface area (Å²) in [6.45, 7) is 0. The number of anilines is 4. The van der Waals surface area contributed by atoms with Gasteiger partial charge in [0.25, 0.3) is 0 Å². The van der Waals surface area contributed by atoms with Gasteiger partial charge in [-0.1, -0.05) is 72.8 Å². The second-order valence-electron chi connectivity index (χ2n) is 7.11. The first-order chi connectivity index (χ1) is 19.2. The Morgan fingerprint density at radius 1 is 0.341 bits per heavy atom. The second kappa shape index (κ2) is 21.6. The van der Waals surface area contributed by atoms with Crippen LogP contribution < -0.4 is 41.7 Å². The van der Waals surface area contributed by atoms with Crippen molar-refractivity contribution in [2.45, 2.75) is 0 Å². The van der Waals surface area contributed by atoms with Gasteiger partial charge in [-0.2, -0.15) is 0 Å². The van der Waals surface area contributed by atoms with Gasteiger partial charge in [-0.15, -0.1) is 0 Å². The molecule has 4 aromatic rings. The normalized spacial score (nSPS) is 8.59. The van der Waals surface area contributed by atoms with Crippen molar-refractivity contribution in [2.75, 3.05) is 21.3 Å². The van der Waals surface area contributed by atoms with Crippen LogP contribution in [0, 0.1) is 0 Å². The van der Waals surface area contributed by atoms with Crippen molar-refractivity contribution < 1.29 is 60.7 Å². The van der Waals surface area contributed by atoms with Crippen LogP contribution in [0.3, 0.4) is 0 Å². The zero-order chi connectivity index (χ0) is 29.6. The monoisotopic (exact) mass is 642 g/mol. The van der Waals surface area contributed by atoms with Crippen LogP contribution in [0.25, 0.3) is 0 Å². The van der Waals surface area contributed by atoms with Crippen LogP contribution in [-0.2, 0) is 21.1 Å². The van der Waals surface area contributed by atoms with Crippen molar-refractivity contribution >= 4 is 47.1 Å². The number of rotatable bonds is 4. The van der Waals surface area contributed by atoms with E-state index in [0.717, 1.165) is 0 Å². The molecule has 0 radical (unpaired) electrons. The van der Waals surface area contributed by atoms with Crippen LogP contribution >= 0.6 is 0 Å². The summed E-state index contributed by atoms with van der Waals surface area (Å²) in [5.74, 6) is 0. The van der Waals surface area contributed by atoms with Crippen LogP contribution in [0.15, 0.2) is 121 Å². The molecule has 210 valence electrons. The van der Waals surface area contributed by atoms with Gasteiger partial charge in [0.1, 0.15) is 24.4 Å². The Labute approximate surface area is 249 Å². The third-order valence-corrected chi connectivity index (χ3v) is 4.08. The molecule has 12 nitrogen and oxygen atoms in total. The summed E-state index contributed by atoms with van der Waals surface area (Å²) in [5, 5.41) is 48.2. The van der Waals surface area contributed by atoms with E-state index in [2.05, 4.69) is 21.3 Å². The molecule has 13 heteroatoms. The molecule has 0 atom stereocenters. The number of carbonyl (C=O) groups is 4. The average molecular weight is 640 g/mol. The summed E-state index contributed by atoms with van der Waals surface area (Å²) < 4.78 is 0. The Kier molecular flexibility index (Phi) is 18.8. The zero-order valence-corrected chi connectivity index (χ0v) is 23.2. The zero-order valence-electron chi connectivity index (χ0n) is 21.2. The van der Waals surface area contributed by atoms with E-state index in [-0.39, 0.29) is 21.1 Å². The standard InChI is InChI=1S/4C7H7NO2.Mo/c4*9-7(10)8-6-4-2-1-3-5-6;/h4*1-5,8H,(H,9,10);/q;;;;+4/p-4. The van der Waals surface area contributed by atoms with E-state index >= 15 is 0 Å². The fourth-order valence-corrected chi connectivity index (χ4v) is 2.56. The van der Waals surface area contributed by atoms with E-state index in [1.165, 1.54) is 0 Å². The van der Waals surface area contributed by atoms with E-state index in [1.54, 1.807) is 121 Å². The van der Waals surface area contributed by atoms with E-state index in [0.29, 0.717) is 22.7 Å². The van der Waals surface area contributed by atoms with Crippen molar-refractivity contribution in [3.8, 4) is 0 Å². The molecule has 0 aliphatic carbocycles. The third kappa shape index (κ3) is 20.3. The maximum Gasteiger partial charge on any atom is 4.00 e. The van der Waals surface area contributed by atoms with E-state index in [1.807, 2.05) is 0 Å². The number of nitrogens with one attached hydrogen (secondary N) is 4. The van der Waals surface area contributed by atoms with Crippen LogP contribution in [0.2, 0.25) is 0 Å². The Morgan fingerprint density at radius 3 is 0.610 bits per heavy atom. The number of benzene rings is 4. The van der Waals surface area contributed by atoms with Crippen LogP contribution in [-0.4, -0.2) is 24.4 Å². The van der Waals surface area contributed by atoms with Gasteiger partial charge < -0.3 is 60.9 Å². The smallest absolute Gasteiger partial charge is 0.530 e. The maximum atomic E-state index is 9.95. The molecule has 0 unspecified atom stereocenters. The van der Waals surface area contributed by atoms with E-state index in [4.69, 9.17) is 0 Å². The van der Waals surface area contributed by atoms with Gasteiger partial charge in [0.15, 0.2) is 0 Å². The van der Waals surface area contributed by atoms with Gasteiger partial charge in [0.2, 0.25) is 0 Å². The van der Waals surface area contributed by atoms with Gasteiger partial charge in [0, 0.05) is 22.7 Å². The molecular formula is C28H24MoN4O8. The van der Waals surface area contributed by atoms with E-state index < -0.39 is 24.4 Å². The number of hydrogen-bond donors (Lipinski definition) is 4. The number of carboxylic acid groups (broad SMARTS) is 4. The predicted octanol–water partition coefficient (Wildman–Crippen LogP) is 1.76. The molecule has 0 spiro atoms. The first kappa shape index (κ1) is 35.6. The molecule has 0 saturated heterocycles. The number of carbonyl (C=O) groups excluding carboxylic acids is 4. The Balaban J connectivity index is 0.000000516. The van der Waals surface area contributed by atoms with Crippen molar-refractivity contribution in [2.24, 2.45) is 0 Å². The Bertz CT molecular complexity index is 1090. The van der Waals surface area contributed by atoms with Crippen LogP contribution in [0.4, 0.5) is 41.9 Å². The van der Waals surface area contributed by atoms with Gasteiger partial charge in [-0.3, -0.25) is 0 Å².